The predicted molar refractivity (Wildman–Crippen MR) is 88.6 cm³/mol. The van der Waals surface area contributed by atoms with E-state index in [1.54, 1.807) is 25.1 Å². The van der Waals surface area contributed by atoms with Gasteiger partial charge in [0.2, 0.25) is 0 Å². The van der Waals surface area contributed by atoms with E-state index in [0.29, 0.717) is 23.8 Å². The summed E-state index contributed by atoms with van der Waals surface area (Å²) in [6, 6.07) is 20.6. The zero-order valence-corrected chi connectivity index (χ0v) is 12.8. The number of amides is 1. The first-order chi connectivity index (χ1) is 11.2. The number of carbonyl (C=O) groups is 1. The van der Waals surface area contributed by atoms with Crippen molar-refractivity contribution in [2.75, 3.05) is 5.32 Å². The number of aryl methyl sites for hydroxylation is 1. The highest BCUT2D eigenvalue weighted by molar-refractivity contribution is 6.02. The smallest absolute Gasteiger partial charge is 0.291 e. The highest BCUT2D eigenvalue weighted by Gasteiger charge is 2.10. The van der Waals surface area contributed by atoms with E-state index in [1.165, 1.54) is 0 Å². The fraction of sp³-hybridized carbons (Fsp3) is 0.105. The van der Waals surface area contributed by atoms with Crippen molar-refractivity contribution in [2.45, 2.75) is 13.5 Å². The van der Waals surface area contributed by atoms with Crippen LogP contribution >= 0.6 is 0 Å². The third-order valence-electron chi connectivity index (χ3n) is 3.30. The van der Waals surface area contributed by atoms with E-state index in [2.05, 4.69) is 5.32 Å². The van der Waals surface area contributed by atoms with Crippen LogP contribution < -0.4 is 10.1 Å². The molecule has 0 saturated carbocycles. The molecule has 1 aromatic heterocycles. The van der Waals surface area contributed by atoms with Crippen molar-refractivity contribution >= 4 is 11.6 Å². The Morgan fingerprint density at radius 2 is 1.87 bits per heavy atom. The lowest BCUT2D eigenvalue weighted by atomic mass is 10.2. The van der Waals surface area contributed by atoms with Crippen LogP contribution in [0.3, 0.4) is 0 Å². The number of rotatable bonds is 5. The fourth-order valence-corrected chi connectivity index (χ4v) is 2.15. The molecule has 4 heteroatoms. The van der Waals surface area contributed by atoms with Crippen LogP contribution in [0, 0.1) is 6.92 Å². The second-order valence-corrected chi connectivity index (χ2v) is 5.17. The molecule has 4 nitrogen and oxygen atoms in total. The zero-order chi connectivity index (χ0) is 16.1. The average molecular weight is 307 g/mol. The summed E-state index contributed by atoms with van der Waals surface area (Å²) in [5.74, 6) is 1.41. The van der Waals surface area contributed by atoms with E-state index in [0.717, 1.165) is 5.56 Å². The maximum Gasteiger partial charge on any atom is 0.291 e. The summed E-state index contributed by atoms with van der Waals surface area (Å²) in [6.07, 6.45) is 0. The first kappa shape index (κ1) is 14.9. The van der Waals surface area contributed by atoms with Gasteiger partial charge in [0.1, 0.15) is 18.1 Å². The van der Waals surface area contributed by atoms with Gasteiger partial charge in [-0.2, -0.15) is 0 Å². The molecule has 0 radical (unpaired) electrons. The number of nitrogens with one attached hydrogen (secondary N) is 1. The van der Waals surface area contributed by atoms with E-state index < -0.39 is 0 Å². The van der Waals surface area contributed by atoms with Gasteiger partial charge in [-0.05, 0) is 36.8 Å². The topological polar surface area (TPSA) is 51.5 Å². The standard InChI is InChI=1S/C19H17NO3/c1-14-10-11-18(23-14)19(21)20-16-8-5-9-17(12-16)22-13-15-6-3-2-4-7-15/h2-12H,13H2,1H3,(H,20,21). The van der Waals surface area contributed by atoms with Crippen molar-refractivity contribution in [2.24, 2.45) is 0 Å². The Morgan fingerprint density at radius 1 is 1.04 bits per heavy atom. The number of furan rings is 1. The number of hydrogen-bond donors (Lipinski definition) is 1. The Balaban J connectivity index is 1.64. The van der Waals surface area contributed by atoms with Gasteiger partial charge in [0.05, 0.1) is 0 Å². The van der Waals surface area contributed by atoms with Gasteiger partial charge in [-0.25, -0.2) is 0 Å². The Hall–Kier alpha value is -3.01. The number of carbonyl (C=O) groups excluding carboxylic acids is 1. The molecule has 0 atom stereocenters. The molecule has 0 spiro atoms. The summed E-state index contributed by atoms with van der Waals surface area (Å²) in [4.78, 5) is 12.1. The molecule has 0 fully saturated rings. The highest BCUT2D eigenvalue weighted by atomic mass is 16.5. The van der Waals surface area contributed by atoms with Crippen molar-refractivity contribution < 1.29 is 13.9 Å². The van der Waals surface area contributed by atoms with E-state index in [1.807, 2.05) is 48.5 Å². The molecule has 116 valence electrons. The van der Waals surface area contributed by atoms with Crippen LogP contribution in [0.25, 0.3) is 0 Å². The predicted octanol–water partition coefficient (Wildman–Crippen LogP) is 4.42. The van der Waals surface area contributed by atoms with Gasteiger partial charge in [-0.15, -0.1) is 0 Å². The molecule has 23 heavy (non-hydrogen) atoms. The van der Waals surface area contributed by atoms with Crippen molar-refractivity contribution in [3.05, 3.63) is 83.8 Å². The minimum absolute atomic E-state index is 0.279. The Bertz CT molecular complexity index is 793. The van der Waals surface area contributed by atoms with Crippen LogP contribution in [0.1, 0.15) is 21.9 Å². The summed E-state index contributed by atoms with van der Waals surface area (Å²) >= 11 is 0. The molecule has 0 aliphatic heterocycles. The second-order valence-electron chi connectivity index (χ2n) is 5.17. The van der Waals surface area contributed by atoms with Crippen molar-refractivity contribution in [1.82, 2.24) is 0 Å². The third-order valence-corrected chi connectivity index (χ3v) is 3.30. The van der Waals surface area contributed by atoms with Gasteiger partial charge in [0.25, 0.3) is 5.91 Å². The van der Waals surface area contributed by atoms with Gasteiger partial charge >= 0.3 is 0 Å². The Labute approximate surface area is 134 Å². The normalized spacial score (nSPS) is 10.3. The summed E-state index contributed by atoms with van der Waals surface area (Å²) in [5.41, 5.74) is 1.75. The molecule has 1 heterocycles. The maximum absolute atomic E-state index is 12.1. The van der Waals surface area contributed by atoms with E-state index in [-0.39, 0.29) is 11.7 Å². The summed E-state index contributed by atoms with van der Waals surface area (Å²) in [5, 5.41) is 2.80. The fourth-order valence-electron chi connectivity index (χ4n) is 2.15. The lowest BCUT2D eigenvalue weighted by molar-refractivity contribution is 0.0995. The maximum atomic E-state index is 12.1. The van der Waals surface area contributed by atoms with Gasteiger partial charge < -0.3 is 14.5 Å². The second kappa shape index (κ2) is 6.83. The molecule has 0 unspecified atom stereocenters. The molecular formula is C19H17NO3. The van der Waals surface area contributed by atoms with Crippen LogP contribution in [0.2, 0.25) is 0 Å². The lowest BCUT2D eigenvalue weighted by Gasteiger charge is -2.08. The van der Waals surface area contributed by atoms with Crippen LogP contribution in [0.15, 0.2) is 71.1 Å². The monoisotopic (exact) mass is 307 g/mol. The number of anilines is 1. The minimum Gasteiger partial charge on any atom is -0.489 e. The Kier molecular flexibility index (Phi) is 4.43. The molecule has 0 saturated heterocycles. The zero-order valence-electron chi connectivity index (χ0n) is 12.8. The Morgan fingerprint density at radius 3 is 2.61 bits per heavy atom. The largest absolute Gasteiger partial charge is 0.489 e. The van der Waals surface area contributed by atoms with Crippen molar-refractivity contribution in [1.29, 1.82) is 0 Å². The summed E-state index contributed by atoms with van der Waals surface area (Å²) < 4.78 is 11.1. The summed E-state index contributed by atoms with van der Waals surface area (Å²) in [7, 11) is 0. The van der Waals surface area contributed by atoms with Crippen LogP contribution in [0.5, 0.6) is 5.75 Å². The molecular weight excluding hydrogens is 290 g/mol. The minimum atomic E-state index is -0.279. The van der Waals surface area contributed by atoms with E-state index in [4.69, 9.17) is 9.15 Å². The number of hydrogen-bond acceptors (Lipinski definition) is 3. The van der Waals surface area contributed by atoms with E-state index in [9.17, 15) is 4.79 Å². The molecule has 0 bridgehead atoms. The van der Waals surface area contributed by atoms with E-state index >= 15 is 0 Å². The average Bonchev–Trinajstić information content (AvgIpc) is 3.01. The SMILES string of the molecule is Cc1ccc(C(=O)Nc2cccc(OCc3ccccc3)c2)o1. The van der Waals surface area contributed by atoms with Gasteiger partial charge in [-0.1, -0.05) is 36.4 Å². The van der Waals surface area contributed by atoms with Crippen molar-refractivity contribution in [3.63, 3.8) is 0 Å². The van der Waals surface area contributed by atoms with Gasteiger partial charge in [-0.3, -0.25) is 4.79 Å². The van der Waals surface area contributed by atoms with Crippen LogP contribution in [0.4, 0.5) is 5.69 Å². The van der Waals surface area contributed by atoms with Gasteiger partial charge in [0, 0.05) is 11.8 Å². The quantitative estimate of drug-likeness (QED) is 0.759. The number of benzene rings is 2. The first-order valence-electron chi connectivity index (χ1n) is 7.35. The molecule has 0 aliphatic rings. The van der Waals surface area contributed by atoms with Crippen LogP contribution in [-0.4, -0.2) is 5.91 Å². The molecule has 1 amide bonds. The molecule has 2 aromatic carbocycles. The van der Waals surface area contributed by atoms with Gasteiger partial charge in [0.15, 0.2) is 5.76 Å². The lowest BCUT2D eigenvalue weighted by Crippen LogP contribution is -2.10. The number of ether oxygens (including phenoxy) is 1. The molecule has 1 N–H and O–H groups in total. The first-order valence-corrected chi connectivity index (χ1v) is 7.35. The molecule has 0 aliphatic carbocycles. The van der Waals surface area contributed by atoms with Crippen molar-refractivity contribution in [3.8, 4) is 5.75 Å². The molecule has 3 rings (SSSR count). The third kappa shape index (κ3) is 4.01. The van der Waals surface area contributed by atoms with Crippen LogP contribution in [-0.2, 0) is 6.61 Å². The summed E-state index contributed by atoms with van der Waals surface area (Å²) in [6.45, 7) is 2.28. The highest BCUT2D eigenvalue weighted by Crippen LogP contribution is 2.19. The molecule has 3 aromatic rings.